The minimum absolute atomic E-state index is 0.170. The van der Waals surface area contributed by atoms with Crippen LogP contribution >= 0.6 is 22.6 Å². The monoisotopic (exact) mass is 354 g/mol. The normalized spacial score (nSPS) is 12.8. The molecular weight excluding hydrogens is 339 g/mol. The average Bonchev–Trinajstić information content (AvgIpc) is 2.15. The van der Waals surface area contributed by atoms with Gasteiger partial charge in [0.1, 0.15) is 0 Å². The van der Waals surface area contributed by atoms with Crippen LogP contribution in [0.25, 0.3) is 0 Å². The van der Waals surface area contributed by atoms with Crippen LogP contribution in [0.2, 0.25) is 0 Å². The average molecular weight is 354 g/mol. The third-order valence-electron chi connectivity index (χ3n) is 1.75. The Bertz CT molecular complexity index is 443. The lowest BCUT2D eigenvalue weighted by Gasteiger charge is -2.17. The third-order valence-corrected chi connectivity index (χ3v) is 3.75. The SMILES string of the molecule is CC(C)(C)COS(=O)(=O)c1ccc(I)cc1. The minimum Gasteiger partial charge on any atom is -0.266 e. The first-order valence-corrected chi connectivity index (χ1v) is 7.34. The van der Waals surface area contributed by atoms with Gasteiger partial charge in [-0.2, -0.15) is 8.42 Å². The maximum Gasteiger partial charge on any atom is 0.296 e. The summed E-state index contributed by atoms with van der Waals surface area (Å²) in [5.41, 5.74) is -0.170. The molecule has 90 valence electrons. The second kappa shape index (κ2) is 5.01. The van der Waals surface area contributed by atoms with Gasteiger partial charge < -0.3 is 0 Å². The predicted octanol–water partition coefficient (Wildman–Crippen LogP) is 3.04. The molecule has 0 aliphatic heterocycles. The highest BCUT2D eigenvalue weighted by molar-refractivity contribution is 14.1. The van der Waals surface area contributed by atoms with Crippen molar-refractivity contribution >= 4 is 32.7 Å². The molecule has 0 radical (unpaired) electrons. The molecule has 0 bridgehead atoms. The summed E-state index contributed by atoms with van der Waals surface area (Å²) in [5, 5.41) is 0. The van der Waals surface area contributed by atoms with E-state index in [9.17, 15) is 8.42 Å². The number of hydrogen-bond donors (Lipinski definition) is 0. The van der Waals surface area contributed by atoms with Crippen LogP contribution in [0, 0.1) is 8.99 Å². The quantitative estimate of drug-likeness (QED) is 0.619. The Morgan fingerprint density at radius 1 is 1.19 bits per heavy atom. The van der Waals surface area contributed by atoms with Crippen LogP contribution in [0.4, 0.5) is 0 Å². The van der Waals surface area contributed by atoms with E-state index in [2.05, 4.69) is 22.6 Å². The van der Waals surface area contributed by atoms with E-state index in [-0.39, 0.29) is 16.9 Å². The Balaban J connectivity index is 2.83. The topological polar surface area (TPSA) is 43.4 Å². The van der Waals surface area contributed by atoms with Crippen LogP contribution in [0.5, 0.6) is 0 Å². The van der Waals surface area contributed by atoms with Gasteiger partial charge in [0.05, 0.1) is 11.5 Å². The molecule has 3 nitrogen and oxygen atoms in total. The predicted molar refractivity (Wildman–Crippen MR) is 71.8 cm³/mol. The van der Waals surface area contributed by atoms with Crippen molar-refractivity contribution in [3.63, 3.8) is 0 Å². The fraction of sp³-hybridized carbons (Fsp3) is 0.455. The number of benzene rings is 1. The first-order chi connectivity index (χ1) is 7.21. The highest BCUT2D eigenvalue weighted by atomic mass is 127. The van der Waals surface area contributed by atoms with Crippen LogP contribution in [0.1, 0.15) is 20.8 Å². The van der Waals surface area contributed by atoms with Crippen molar-refractivity contribution in [3.8, 4) is 0 Å². The molecule has 1 rings (SSSR count). The second-order valence-corrected chi connectivity index (χ2v) is 7.59. The van der Waals surface area contributed by atoms with Gasteiger partial charge in [0.15, 0.2) is 0 Å². The lowest BCUT2D eigenvalue weighted by Crippen LogP contribution is -2.18. The van der Waals surface area contributed by atoms with Gasteiger partial charge in [-0.25, -0.2) is 0 Å². The van der Waals surface area contributed by atoms with Crippen molar-refractivity contribution in [3.05, 3.63) is 27.8 Å². The van der Waals surface area contributed by atoms with E-state index in [0.29, 0.717) is 0 Å². The number of halogens is 1. The van der Waals surface area contributed by atoms with E-state index in [4.69, 9.17) is 4.18 Å². The zero-order valence-electron chi connectivity index (χ0n) is 9.53. The Hall–Kier alpha value is -0.140. The third kappa shape index (κ3) is 4.39. The number of rotatable bonds is 3. The summed E-state index contributed by atoms with van der Waals surface area (Å²) in [6, 6.07) is 6.60. The molecular formula is C11H15IO3S. The molecule has 0 aliphatic rings. The molecule has 0 aliphatic carbocycles. The Kier molecular flexibility index (Phi) is 4.36. The van der Waals surface area contributed by atoms with Gasteiger partial charge in [-0.3, -0.25) is 4.18 Å². The summed E-state index contributed by atoms with van der Waals surface area (Å²) in [4.78, 5) is 0.206. The van der Waals surface area contributed by atoms with Crippen LogP contribution in [0.3, 0.4) is 0 Å². The first-order valence-electron chi connectivity index (χ1n) is 4.86. The molecule has 0 unspecified atom stereocenters. The van der Waals surface area contributed by atoms with E-state index in [1.807, 2.05) is 20.8 Å². The fourth-order valence-electron chi connectivity index (χ4n) is 0.924. The zero-order valence-corrected chi connectivity index (χ0v) is 12.5. The highest BCUT2D eigenvalue weighted by Crippen LogP contribution is 2.19. The summed E-state index contributed by atoms with van der Waals surface area (Å²) in [6.07, 6.45) is 0. The van der Waals surface area contributed by atoms with Crippen LogP contribution in [-0.2, 0) is 14.3 Å². The summed E-state index contributed by atoms with van der Waals surface area (Å²) in [6.45, 7) is 5.96. The van der Waals surface area contributed by atoms with E-state index < -0.39 is 10.1 Å². The van der Waals surface area contributed by atoms with Crippen molar-refractivity contribution in [2.45, 2.75) is 25.7 Å². The summed E-state index contributed by atoms with van der Waals surface area (Å²) >= 11 is 2.12. The van der Waals surface area contributed by atoms with E-state index in [1.165, 1.54) is 0 Å². The summed E-state index contributed by atoms with van der Waals surface area (Å²) < 4.78 is 29.5. The maximum absolute atomic E-state index is 11.8. The lowest BCUT2D eigenvalue weighted by molar-refractivity contribution is 0.203. The van der Waals surface area contributed by atoms with Crippen molar-refractivity contribution in [2.24, 2.45) is 5.41 Å². The largest absolute Gasteiger partial charge is 0.296 e. The molecule has 0 fully saturated rings. The van der Waals surface area contributed by atoms with Gasteiger partial charge in [-0.05, 0) is 52.3 Å². The summed E-state index contributed by atoms with van der Waals surface area (Å²) in [7, 11) is -3.61. The molecule has 0 saturated carbocycles. The van der Waals surface area contributed by atoms with Crippen molar-refractivity contribution < 1.29 is 12.6 Å². The molecule has 0 aromatic heterocycles. The molecule has 0 saturated heterocycles. The fourth-order valence-corrected chi connectivity index (χ4v) is 2.40. The molecule has 0 atom stereocenters. The maximum atomic E-state index is 11.8. The highest BCUT2D eigenvalue weighted by Gasteiger charge is 2.19. The molecule has 0 N–H and O–H groups in total. The Morgan fingerprint density at radius 3 is 2.12 bits per heavy atom. The minimum atomic E-state index is -3.61. The molecule has 1 aromatic rings. The molecule has 0 heterocycles. The zero-order chi connectivity index (χ0) is 12.4. The van der Waals surface area contributed by atoms with Crippen molar-refractivity contribution in [2.75, 3.05) is 6.61 Å². The second-order valence-electron chi connectivity index (χ2n) is 4.73. The van der Waals surface area contributed by atoms with Crippen molar-refractivity contribution in [1.29, 1.82) is 0 Å². The summed E-state index contributed by atoms with van der Waals surface area (Å²) in [5.74, 6) is 0. The van der Waals surface area contributed by atoms with Crippen LogP contribution < -0.4 is 0 Å². The first kappa shape index (κ1) is 13.9. The van der Waals surface area contributed by atoms with E-state index >= 15 is 0 Å². The molecule has 0 spiro atoms. The van der Waals surface area contributed by atoms with Gasteiger partial charge in [0.25, 0.3) is 10.1 Å². The molecule has 16 heavy (non-hydrogen) atoms. The van der Waals surface area contributed by atoms with Gasteiger partial charge in [0.2, 0.25) is 0 Å². The Labute approximate surface area is 110 Å². The van der Waals surface area contributed by atoms with Gasteiger partial charge in [-0.15, -0.1) is 0 Å². The van der Waals surface area contributed by atoms with Gasteiger partial charge in [0, 0.05) is 3.57 Å². The van der Waals surface area contributed by atoms with E-state index in [1.54, 1.807) is 24.3 Å². The smallest absolute Gasteiger partial charge is 0.266 e. The van der Waals surface area contributed by atoms with Gasteiger partial charge in [-0.1, -0.05) is 20.8 Å². The lowest BCUT2D eigenvalue weighted by atomic mass is 9.99. The van der Waals surface area contributed by atoms with Gasteiger partial charge >= 0.3 is 0 Å². The molecule has 5 heteroatoms. The number of hydrogen-bond acceptors (Lipinski definition) is 3. The standard InChI is InChI=1S/C11H15IO3S/c1-11(2,3)8-15-16(13,14)10-6-4-9(12)5-7-10/h4-7H,8H2,1-3H3. The Morgan fingerprint density at radius 2 is 1.69 bits per heavy atom. The molecule has 1 aromatic carbocycles. The van der Waals surface area contributed by atoms with Crippen LogP contribution in [-0.4, -0.2) is 15.0 Å². The van der Waals surface area contributed by atoms with Crippen LogP contribution in [0.15, 0.2) is 29.2 Å². The van der Waals surface area contributed by atoms with E-state index in [0.717, 1.165) is 3.57 Å². The van der Waals surface area contributed by atoms with Crippen molar-refractivity contribution in [1.82, 2.24) is 0 Å². The molecule has 0 amide bonds.